The lowest BCUT2D eigenvalue weighted by Crippen LogP contribution is -2.19. The molecule has 88 valence electrons. The average molecular weight is 347 g/mol. The van der Waals surface area contributed by atoms with Crippen LogP contribution in [-0.4, -0.2) is 17.6 Å². The molecular formula is C8H5F3INO3. The van der Waals surface area contributed by atoms with Gasteiger partial charge in [-0.05, 0) is 34.7 Å². The molecule has 0 radical (unpaired) electrons. The van der Waals surface area contributed by atoms with Gasteiger partial charge in [0.25, 0.3) is 0 Å². The second-order valence-corrected chi connectivity index (χ2v) is 3.75. The molecule has 0 unspecified atom stereocenters. The van der Waals surface area contributed by atoms with Gasteiger partial charge in [0.1, 0.15) is 0 Å². The summed E-state index contributed by atoms with van der Waals surface area (Å²) in [6.45, 7) is 0. The predicted octanol–water partition coefficient (Wildman–Crippen LogP) is 3.28. The van der Waals surface area contributed by atoms with Crippen molar-refractivity contribution in [2.24, 2.45) is 0 Å². The third-order valence-corrected chi connectivity index (χ3v) is 2.33. The maximum atomic E-state index is 12.0. The molecule has 0 heterocycles. The summed E-state index contributed by atoms with van der Waals surface area (Å²) in [6, 6.07) is 3.81. The Morgan fingerprint density at radius 2 is 2.06 bits per heavy atom. The van der Waals surface area contributed by atoms with Gasteiger partial charge in [-0.3, -0.25) is 5.32 Å². The molecule has 0 aliphatic carbocycles. The molecule has 16 heavy (non-hydrogen) atoms. The maximum absolute atomic E-state index is 12.0. The minimum Gasteiger partial charge on any atom is -0.465 e. The van der Waals surface area contributed by atoms with Crippen LogP contribution < -0.4 is 10.1 Å². The molecule has 0 bridgehead atoms. The number of amides is 1. The van der Waals surface area contributed by atoms with Crippen LogP contribution in [0.3, 0.4) is 0 Å². The van der Waals surface area contributed by atoms with Gasteiger partial charge in [0, 0.05) is 3.57 Å². The zero-order chi connectivity index (χ0) is 12.3. The summed E-state index contributed by atoms with van der Waals surface area (Å²) in [4.78, 5) is 10.4. The van der Waals surface area contributed by atoms with Crippen molar-refractivity contribution in [3.8, 4) is 5.75 Å². The summed E-state index contributed by atoms with van der Waals surface area (Å²) >= 11 is 1.70. The van der Waals surface area contributed by atoms with E-state index in [9.17, 15) is 18.0 Å². The number of benzene rings is 1. The molecule has 0 saturated carbocycles. The summed E-state index contributed by atoms with van der Waals surface area (Å²) in [5.74, 6) is -0.582. The molecule has 1 aromatic rings. The van der Waals surface area contributed by atoms with Gasteiger partial charge >= 0.3 is 12.5 Å². The van der Waals surface area contributed by atoms with Gasteiger partial charge in [-0.25, -0.2) is 4.79 Å². The van der Waals surface area contributed by atoms with Gasteiger partial charge < -0.3 is 9.84 Å². The second-order valence-electron chi connectivity index (χ2n) is 2.59. The Bertz CT molecular complexity index is 408. The zero-order valence-corrected chi connectivity index (χ0v) is 9.67. The highest BCUT2D eigenvalue weighted by Gasteiger charge is 2.32. The maximum Gasteiger partial charge on any atom is 0.573 e. The molecule has 1 rings (SSSR count). The van der Waals surface area contributed by atoms with Crippen molar-refractivity contribution in [2.45, 2.75) is 6.36 Å². The number of halogens is 4. The van der Waals surface area contributed by atoms with E-state index in [0.717, 1.165) is 6.07 Å². The van der Waals surface area contributed by atoms with Crippen LogP contribution in [0, 0.1) is 3.57 Å². The van der Waals surface area contributed by atoms with E-state index in [4.69, 9.17) is 5.11 Å². The Kier molecular flexibility index (Phi) is 3.83. The summed E-state index contributed by atoms with van der Waals surface area (Å²) in [5.41, 5.74) is -0.229. The lowest BCUT2D eigenvalue weighted by Gasteiger charge is -2.13. The van der Waals surface area contributed by atoms with E-state index in [-0.39, 0.29) is 5.69 Å². The van der Waals surface area contributed by atoms with Crippen molar-refractivity contribution in [3.63, 3.8) is 0 Å². The van der Waals surface area contributed by atoms with Gasteiger partial charge in [-0.2, -0.15) is 0 Å². The topological polar surface area (TPSA) is 58.6 Å². The van der Waals surface area contributed by atoms with E-state index >= 15 is 0 Å². The first-order valence-corrected chi connectivity index (χ1v) is 4.91. The fourth-order valence-electron chi connectivity index (χ4n) is 0.942. The number of rotatable bonds is 2. The molecule has 0 aliphatic rings. The monoisotopic (exact) mass is 347 g/mol. The Labute approximate surface area is 102 Å². The lowest BCUT2D eigenvalue weighted by atomic mass is 10.3. The molecule has 4 nitrogen and oxygen atoms in total. The van der Waals surface area contributed by atoms with Gasteiger partial charge in [0.05, 0.1) is 5.69 Å². The first-order chi connectivity index (χ1) is 7.29. The SMILES string of the molecule is O=C(O)Nc1c(I)cccc1OC(F)(F)F. The largest absolute Gasteiger partial charge is 0.573 e. The van der Waals surface area contributed by atoms with E-state index in [1.54, 1.807) is 22.6 Å². The van der Waals surface area contributed by atoms with E-state index < -0.39 is 18.2 Å². The summed E-state index contributed by atoms with van der Waals surface area (Å²) < 4.78 is 40.0. The third-order valence-electron chi connectivity index (χ3n) is 1.43. The van der Waals surface area contributed by atoms with Crippen LogP contribution in [0.1, 0.15) is 0 Å². The van der Waals surface area contributed by atoms with Gasteiger partial charge in [-0.1, -0.05) is 6.07 Å². The van der Waals surface area contributed by atoms with Crippen molar-refractivity contribution in [1.82, 2.24) is 0 Å². The van der Waals surface area contributed by atoms with Crippen LogP contribution in [-0.2, 0) is 0 Å². The second kappa shape index (κ2) is 4.76. The molecule has 0 fully saturated rings. The fraction of sp³-hybridized carbons (Fsp3) is 0.125. The van der Waals surface area contributed by atoms with E-state index in [1.165, 1.54) is 12.1 Å². The van der Waals surface area contributed by atoms with E-state index in [0.29, 0.717) is 3.57 Å². The number of carboxylic acid groups (broad SMARTS) is 1. The zero-order valence-electron chi connectivity index (χ0n) is 7.51. The molecule has 1 amide bonds. The van der Waals surface area contributed by atoms with E-state index in [1.807, 2.05) is 5.32 Å². The van der Waals surface area contributed by atoms with Crippen LogP contribution in [0.25, 0.3) is 0 Å². The molecule has 2 N–H and O–H groups in total. The van der Waals surface area contributed by atoms with Gasteiger partial charge in [0.15, 0.2) is 5.75 Å². The van der Waals surface area contributed by atoms with Crippen LogP contribution in [0.4, 0.5) is 23.7 Å². The third kappa shape index (κ3) is 3.76. The molecule has 0 atom stereocenters. The first kappa shape index (κ1) is 12.9. The van der Waals surface area contributed by atoms with Crippen LogP contribution in [0.15, 0.2) is 18.2 Å². The summed E-state index contributed by atoms with van der Waals surface area (Å²) in [6.07, 6.45) is -6.32. The number of hydrogen-bond acceptors (Lipinski definition) is 2. The fourth-order valence-corrected chi connectivity index (χ4v) is 1.55. The first-order valence-electron chi connectivity index (χ1n) is 3.84. The number of alkyl halides is 3. The number of anilines is 1. The van der Waals surface area contributed by atoms with Crippen molar-refractivity contribution in [1.29, 1.82) is 0 Å². The Morgan fingerprint density at radius 3 is 2.56 bits per heavy atom. The van der Waals surface area contributed by atoms with E-state index in [2.05, 4.69) is 4.74 Å². The molecule has 0 aromatic heterocycles. The number of hydrogen-bond donors (Lipinski definition) is 2. The van der Waals surface area contributed by atoms with Crippen molar-refractivity contribution in [2.75, 3.05) is 5.32 Å². The van der Waals surface area contributed by atoms with Crippen molar-refractivity contribution in [3.05, 3.63) is 21.8 Å². The predicted molar refractivity (Wildman–Crippen MR) is 57.5 cm³/mol. The molecule has 0 spiro atoms. The van der Waals surface area contributed by atoms with Crippen LogP contribution in [0.2, 0.25) is 0 Å². The highest BCUT2D eigenvalue weighted by atomic mass is 127. The molecule has 1 aromatic carbocycles. The number of para-hydroxylation sites is 1. The molecular weight excluding hydrogens is 342 g/mol. The Balaban J connectivity index is 3.07. The van der Waals surface area contributed by atoms with Crippen molar-refractivity contribution >= 4 is 34.4 Å². The molecule has 0 saturated heterocycles. The average Bonchev–Trinajstić information content (AvgIpc) is 2.08. The van der Waals surface area contributed by atoms with Crippen LogP contribution in [0.5, 0.6) is 5.75 Å². The van der Waals surface area contributed by atoms with Crippen LogP contribution >= 0.6 is 22.6 Å². The van der Waals surface area contributed by atoms with Gasteiger partial charge in [-0.15, -0.1) is 13.2 Å². The number of ether oxygens (including phenoxy) is 1. The highest BCUT2D eigenvalue weighted by Crippen LogP contribution is 2.33. The minimum absolute atomic E-state index is 0.229. The minimum atomic E-state index is -4.86. The molecule has 8 heteroatoms. The normalized spacial score (nSPS) is 11.0. The molecule has 0 aliphatic heterocycles. The quantitative estimate of drug-likeness (QED) is 0.808. The summed E-state index contributed by atoms with van der Waals surface area (Å²) in [5, 5.41) is 10.3. The smallest absolute Gasteiger partial charge is 0.465 e. The Hall–Kier alpha value is -1.19. The standard InChI is InChI=1S/C8H5F3INO3/c9-8(10,11)16-5-3-1-2-4(12)6(5)13-7(14)15/h1-3,13H,(H,14,15). The number of carbonyl (C=O) groups is 1. The Morgan fingerprint density at radius 1 is 1.44 bits per heavy atom. The highest BCUT2D eigenvalue weighted by molar-refractivity contribution is 14.1. The van der Waals surface area contributed by atoms with Crippen molar-refractivity contribution < 1.29 is 27.8 Å². The lowest BCUT2D eigenvalue weighted by molar-refractivity contribution is -0.274. The van der Waals surface area contributed by atoms with Gasteiger partial charge in [0.2, 0.25) is 0 Å². The summed E-state index contributed by atoms with van der Waals surface area (Å²) in [7, 11) is 0. The number of nitrogens with one attached hydrogen (secondary N) is 1.